The summed E-state index contributed by atoms with van der Waals surface area (Å²) in [6.07, 6.45) is 5.11. The summed E-state index contributed by atoms with van der Waals surface area (Å²) in [7, 11) is 0. The number of hydrogen-bond donors (Lipinski definition) is 2. The number of carbonyl (C=O) groups excluding carboxylic acids is 2. The van der Waals surface area contributed by atoms with Crippen molar-refractivity contribution in [3.8, 4) is 11.5 Å². The van der Waals surface area contributed by atoms with Crippen LogP contribution in [0.1, 0.15) is 99.1 Å². The molecule has 0 aromatic heterocycles. The number of aryl methyl sites for hydroxylation is 2. The van der Waals surface area contributed by atoms with Gasteiger partial charge in [-0.1, -0.05) is 34.8 Å². The van der Waals surface area contributed by atoms with Crippen molar-refractivity contribution in [2.45, 2.75) is 95.1 Å². The van der Waals surface area contributed by atoms with E-state index < -0.39 is 9.39 Å². The predicted molar refractivity (Wildman–Crippen MR) is 158 cm³/mol. The number of phenols is 1. The van der Waals surface area contributed by atoms with Gasteiger partial charge < -0.3 is 14.6 Å². The largest absolute Gasteiger partial charge is 0.508 e. The maximum atomic E-state index is 11.6. The highest BCUT2D eigenvalue weighted by molar-refractivity contribution is 6.76. The van der Waals surface area contributed by atoms with Crippen molar-refractivity contribution in [2.75, 3.05) is 0 Å². The van der Waals surface area contributed by atoms with Crippen molar-refractivity contribution in [3.63, 3.8) is 0 Å². The van der Waals surface area contributed by atoms with Crippen molar-refractivity contribution < 1.29 is 24.2 Å². The standard InChI is InChI=1S/C14H18O2.C10H10O2.C6H10Cl3NO/c1-14(2,3)16-11-7-8-12-10(9-11)5-4-6-13(12)15;11-8-4-5-9-7(6-8)2-1-3-10(9)12;1-5(2,3)11-4(10)6(7,8)9/h7-9H,4-6H2,1-3H3;4-6,11H,1-3H2;10H,1-3H3. The van der Waals surface area contributed by atoms with Gasteiger partial charge >= 0.3 is 0 Å². The third-order valence-electron chi connectivity index (χ3n) is 5.56. The Balaban J connectivity index is 0.000000210. The van der Waals surface area contributed by atoms with Gasteiger partial charge in [-0.05, 0) is 115 Å². The van der Waals surface area contributed by atoms with Crippen LogP contribution in [0.4, 0.5) is 0 Å². The summed E-state index contributed by atoms with van der Waals surface area (Å²) < 4.78 is 9.02. The SMILES string of the molecule is CC(C)(C)OC(=N)C(Cl)(Cl)Cl.CC(C)(C)Oc1ccc2c(c1)CCCC2=O.O=C1CCCc2cc(O)ccc21. The van der Waals surface area contributed by atoms with Crippen molar-refractivity contribution >= 4 is 52.3 Å². The minimum absolute atomic E-state index is 0.188. The Bertz CT molecular complexity index is 1190. The lowest BCUT2D eigenvalue weighted by Crippen LogP contribution is -2.31. The Kier molecular flexibility index (Phi) is 11.3. The smallest absolute Gasteiger partial charge is 0.265 e. The van der Waals surface area contributed by atoms with E-state index in [1.165, 1.54) is 0 Å². The number of ketones is 2. The molecule has 2 N–H and O–H groups in total. The molecule has 2 aliphatic carbocycles. The summed E-state index contributed by atoms with van der Waals surface area (Å²) >= 11 is 16.1. The van der Waals surface area contributed by atoms with E-state index in [4.69, 9.17) is 54.8 Å². The highest BCUT2D eigenvalue weighted by Crippen LogP contribution is 2.30. The normalized spacial score (nSPS) is 15.0. The van der Waals surface area contributed by atoms with E-state index in [0.717, 1.165) is 53.7 Å². The lowest BCUT2D eigenvalue weighted by Gasteiger charge is -2.24. The Morgan fingerprint density at radius 1 is 0.769 bits per heavy atom. The van der Waals surface area contributed by atoms with Crippen molar-refractivity contribution in [1.29, 1.82) is 5.41 Å². The topological polar surface area (TPSA) is 96.7 Å². The maximum Gasteiger partial charge on any atom is 0.265 e. The molecule has 0 heterocycles. The molecule has 0 saturated heterocycles. The van der Waals surface area contributed by atoms with E-state index in [-0.39, 0.29) is 28.8 Å². The molecule has 0 aliphatic heterocycles. The van der Waals surface area contributed by atoms with E-state index in [1.54, 1.807) is 39.0 Å². The van der Waals surface area contributed by atoms with Gasteiger partial charge in [0.15, 0.2) is 11.6 Å². The fourth-order valence-electron chi connectivity index (χ4n) is 4.04. The quantitative estimate of drug-likeness (QED) is 0.195. The third-order valence-corrected chi connectivity index (χ3v) is 6.07. The summed E-state index contributed by atoms with van der Waals surface area (Å²) in [5, 5.41) is 16.3. The first-order chi connectivity index (χ1) is 17.9. The van der Waals surface area contributed by atoms with Gasteiger partial charge in [-0.2, -0.15) is 0 Å². The van der Waals surface area contributed by atoms with Crippen LogP contribution < -0.4 is 4.74 Å². The van der Waals surface area contributed by atoms with E-state index in [2.05, 4.69) is 0 Å². The van der Waals surface area contributed by atoms with Crippen LogP contribution in [0, 0.1) is 5.41 Å². The number of phenolic OH excluding ortho intramolecular Hbond substituents is 1. The molecule has 0 amide bonds. The molecular formula is C30H38Cl3NO5. The van der Waals surface area contributed by atoms with Crippen LogP contribution in [0.3, 0.4) is 0 Å². The highest BCUT2D eigenvalue weighted by Gasteiger charge is 2.31. The zero-order chi connectivity index (χ0) is 29.6. The number of alkyl halides is 3. The molecule has 0 saturated carbocycles. The molecular weight excluding hydrogens is 561 g/mol. The average molecular weight is 599 g/mol. The van der Waals surface area contributed by atoms with Crippen LogP contribution in [-0.4, -0.2) is 37.6 Å². The number of Topliss-reactive ketones (excluding diaryl/α,β-unsaturated/α-hetero) is 2. The summed E-state index contributed by atoms with van der Waals surface area (Å²) in [5.41, 5.74) is 3.12. The number of carbonyl (C=O) groups is 2. The maximum absolute atomic E-state index is 11.6. The number of aromatic hydroxyl groups is 1. The van der Waals surface area contributed by atoms with E-state index >= 15 is 0 Å². The molecule has 0 unspecified atom stereocenters. The van der Waals surface area contributed by atoms with E-state index in [9.17, 15) is 9.59 Å². The van der Waals surface area contributed by atoms with Gasteiger partial charge in [0.25, 0.3) is 3.79 Å². The lowest BCUT2D eigenvalue weighted by atomic mass is 9.90. The molecule has 2 aromatic rings. The van der Waals surface area contributed by atoms with Gasteiger partial charge in [0.1, 0.15) is 22.7 Å². The molecule has 0 atom stereocenters. The lowest BCUT2D eigenvalue weighted by molar-refractivity contribution is 0.0964. The number of hydrogen-bond acceptors (Lipinski definition) is 6. The zero-order valence-electron chi connectivity index (χ0n) is 23.4. The number of rotatable bonds is 1. The van der Waals surface area contributed by atoms with E-state index in [0.29, 0.717) is 12.8 Å². The molecule has 4 rings (SSSR count). The van der Waals surface area contributed by atoms with Crippen LogP contribution in [0.5, 0.6) is 11.5 Å². The van der Waals surface area contributed by atoms with Crippen molar-refractivity contribution in [3.05, 3.63) is 58.7 Å². The van der Waals surface area contributed by atoms with Crippen molar-refractivity contribution in [2.24, 2.45) is 0 Å². The van der Waals surface area contributed by atoms with Gasteiger partial charge in [0.2, 0.25) is 5.90 Å². The molecule has 9 heteroatoms. The molecule has 6 nitrogen and oxygen atoms in total. The number of halogens is 3. The summed E-state index contributed by atoms with van der Waals surface area (Å²) in [6.45, 7) is 11.4. The van der Waals surface area contributed by atoms with Crippen LogP contribution in [0.25, 0.3) is 0 Å². The Morgan fingerprint density at radius 3 is 1.69 bits per heavy atom. The predicted octanol–water partition coefficient (Wildman–Crippen LogP) is 8.44. The molecule has 0 fully saturated rings. The highest BCUT2D eigenvalue weighted by atomic mass is 35.6. The fraction of sp³-hybridized carbons (Fsp3) is 0.500. The minimum atomic E-state index is -1.76. The number of fused-ring (bicyclic) bond motifs is 2. The van der Waals surface area contributed by atoms with Gasteiger partial charge in [0.05, 0.1) is 0 Å². The third kappa shape index (κ3) is 11.4. The number of benzene rings is 2. The second-order valence-corrected chi connectivity index (χ2v) is 13.8. The first kappa shape index (κ1) is 32.9. The zero-order valence-corrected chi connectivity index (χ0v) is 25.7. The van der Waals surface area contributed by atoms with Gasteiger partial charge in [0, 0.05) is 24.0 Å². The second kappa shape index (κ2) is 13.4. The van der Waals surface area contributed by atoms with Crippen LogP contribution in [0.2, 0.25) is 0 Å². The summed E-state index contributed by atoms with van der Waals surface area (Å²) in [4.78, 5) is 23.0. The molecule has 214 valence electrons. The van der Waals surface area contributed by atoms with Gasteiger partial charge in [-0.3, -0.25) is 15.0 Å². The molecule has 2 aromatic carbocycles. The van der Waals surface area contributed by atoms with Crippen LogP contribution in [-0.2, 0) is 17.6 Å². The monoisotopic (exact) mass is 597 g/mol. The number of nitrogens with one attached hydrogen (secondary N) is 1. The molecule has 2 aliphatic rings. The first-order valence-corrected chi connectivity index (χ1v) is 14.0. The fourth-order valence-corrected chi connectivity index (χ4v) is 4.15. The number of ether oxygens (including phenoxy) is 2. The summed E-state index contributed by atoms with van der Waals surface area (Å²) in [6, 6.07) is 10.8. The van der Waals surface area contributed by atoms with Crippen molar-refractivity contribution in [1.82, 2.24) is 0 Å². The average Bonchev–Trinajstić information content (AvgIpc) is 2.77. The Labute approximate surface area is 246 Å². The Morgan fingerprint density at radius 2 is 1.26 bits per heavy atom. The summed E-state index contributed by atoms with van der Waals surface area (Å²) in [5.74, 6) is 1.24. The molecule has 39 heavy (non-hydrogen) atoms. The first-order valence-electron chi connectivity index (χ1n) is 12.9. The van der Waals surface area contributed by atoms with Crippen LogP contribution >= 0.6 is 34.8 Å². The van der Waals surface area contributed by atoms with Gasteiger partial charge in [-0.15, -0.1) is 0 Å². The van der Waals surface area contributed by atoms with Crippen LogP contribution in [0.15, 0.2) is 36.4 Å². The molecule has 0 radical (unpaired) electrons. The second-order valence-electron chi connectivity index (χ2n) is 11.5. The minimum Gasteiger partial charge on any atom is -0.508 e. The van der Waals surface area contributed by atoms with Gasteiger partial charge in [-0.25, -0.2) is 0 Å². The molecule has 0 spiro atoms. The Hall–Kier alpha value is -2.28. The van der Waals surface area contributed by atoms with E-state index in [1.807, 2.05) is 39.0 Å². The molecule has 0 bridgehead atoms.